The molecule has 3 rings (SSSR count). The van der Waals surface area contributed by atoms with Gasteiger partial charge in [0.05, 0.1) is 11.4 Å². The Bertz CT molecular complexity index is 653. The van der Waals surface area contributed by atoms with Gasteiger partial charge in [0.1, 0.15) is 13.2 Å². The van der Waals surface area contributed by atoms with Crippen molar-refractivity contribution in [3.05, 3.63) is 42.0 Å². The fourth-order valence-electron chi connectivity index (χ4n) is 2.47. The van der Waals surface area contributed by atoms with E-state index in [1.165, 1.54) is 5.56 Å². The minimum absolute atomic E-state index is 0.437. The Kier molecular flexibility index (Phi) is 3.60. The quantitative estimate of drug-likeness (QED) is 0.839. The largest absolute Gasteiger partial charge is 0.486 e. The Morgan fingerprint density at radius 1 is 1.00 bits per heavy atom. The SMILES string of the molecule is CC(C)c1ccccc1Nc1cc2c(cc1N)OCCO2. The second-order valence-corrected chi connectivity index (χ2v) is 5.45. The summed E-state index contributed by atoms with van der Waals surface area (Å²) < 4.78 is 11.2. The molecule has 0 saturated heterocycles. The minimum atomic E-state index is 0.437. The number of fused-ring (bicyclic) bond motifs is 1. The molecule has 3 N–H and O–H groups in total. The highest BCUT2D eigenvalue weighted by Gasteiger charge is 2.15. The summed E-state index contributed by atoms with van der Waals surface area (Å²) in [5, 5.41) is 3.41. The zero-order valence-corrected chi connectivity index (χ0v) is 12.3. The Balaban J connectivity index is 1.95. The van der Waals surface area contributed by atoms with E-state index in [4.69, 9.17) is 15.2 Å². The average molecular weight is 284 g/mol. The van der Waals surface area contributed by atoms with Gasteiger partial charge in [-0.1, -0.05) is 32.0 Å². The fourth-order valence-corrected chi connectivity index (χ4v) is 2.47. The molecule has 0 radical (unpaired) electrons. The number of benzene rings is 2. The summed E-state index contributed by atoms with van der Waals surface area (Å²) in [7, 11) is 0. The van der Waals surface area contributed by atoms with Gasteiger partial charge < -0.3 is 20.5 Å². The molecule has 4 heteroatoms. The van der Waals surface area contributed by atoms with Crippen molar-refractivity contribution >= 4 is 17.1 Å². The number of ether oxygens (including phenoxy) is 2. The van der Waals surface area contributed by atoms with Gasteiger partial charge in [0.25, 0.3) is 0 Å². The van der Waals surface area contributed by atoms with E-state index >= 15 is 0 Å². The van der Waals surface area contributed by atoms with Crippen molar-refractivity contribution in [1.82, 2.24) is 0 Å². The lowest BCUT2D eigenvalue weighted by molar-refractivity contribution is 0.172. The first-order valence-corrected chi connectivity index (χ1v) is 7.20. The lowest BCUT2D eigenvalue weighted by Gasteiger charge is -2.21. The minimum Gasteiger partial charge on any atom is -0.486 e. The van der Waals surface area contributed by atoms with Crippen molar-refractivity contribution in [2.75, 3.05) is 24.3 Å². The normalized spacial score (nSPS) is 13.3. The van der Waals surface area contributed by atoms with E-state index in [1.54, 1.807) is 0 Å². The van der Waals surface area contributed by atoms with Crippen LogP contribution in [0.3, 0.4) is 0 Å². The molecule has 1 aliphatic rings. The van der Waals surface area contributed by atoms with Crippen LogP contribution in [0.5, 0.6) is 11.5 Å². The van der Waals surface area contributed by atoms with Gasteiger partial charge in [-0.25, -0.2) is 0 Å². The first-order valence-electron chi connectivity index (χ1n) is 7.20. The molecule has 1 heterocycles. The Hall–Kier alpha value is -2.36. The average Bonchev–Trinajstić information content (AvgIpc) is 2.48. The van der Waals surface area contributed by atoms with E-state index in [-0.39, 0.29) is 0 Å². The molecule has 0 amide bonds. The Morgan fingerprint density at radius 3 is 2.38 bits per heavy atom. The van der Waals surface area contributed by atoms with Crippen LogP contribution < -0.4 is 20.5 Å². The Labute approximate surface area is 124 Å². The van der Waals surface area contributed by atoms with Crippen LogP contribution in [0.25, 0.3) is 0 Å². The van der Waals surface area contributed by atoms with Crippen LogP contribution in [0, 0.1) is 0 Å². The molecule has 0 aliphatic carbocycles. The van der Waals surface area contributed by atoms with Crippen molar-refractivity contribution in [3.63, 3.8) is 0 Å². The van der Waals surface area contributed by atoms with E-state index in [2.05, 4.69) is 31.3 Å². The molecule has 2 aromatic carbocycles. The summed E-state index contributed by atoms with van der Waals surface area (Å²) >= 11 is 0. The first-order chi connectivity index (χ1) is 10.1. The number of para-hydroxylation sites is 1. The molecule has 1 aliphatic heterocycles. The maximum absolute atomic E-state index is 6.12. The maximum Gasteiger partial charge on any atom is 0.163 e. The summed E-state index contributed by atoms with van der Waals surface area (Å²) in [6.45, 7) is 5.48. The summed E-state index contributed by atoms with van der Waals surface area (Å²) in [5.74, 6) is 1.88. The molecule has 2 aromatic rings. The third-order valence-electron chi connectivity index (χ3n) is 3.57. The molecule has 21 heavy (non-hydrogen) atoms. The highest BCUT2D eigenvalue weighted by Crippen LogP contribution is 2.39. The molecule has 0 saturated carbocycles. The molecule has 0 atom stereocenters. The van der Waals surface area contributed by atoms with Gasteiger partial charge in [-0.05, 0) is 17.5 Å². The van der Waals surface area contributed by atoms with Crippen LogP contribution in [0.1, 0.15) is 25.3 Å². The number of nitrogens with two attached hydrogens (primary N) is 1. The summed E-state index contributed by atoms with van der Waals surface area (Å²) in [4.78, 5) is 0. The third-order valence-corrected chi connectivity index (χ3v) is 3.57. The van der Waals surface area contributed by atoms with Crippen LogP contribution in [-0.4, -0.2) is 13.2 Å². The lowest BCUT2D eigenvalue weighted by Crippen LogP contribution is -2.15. The van der Waals surface area contributed by atoms with E-state index in [0.29, 0.717) is 30.6 Å². The van der Waals surface area contributed by atoms with E-state index in [1.807, 2.05) is 24.3 Å². The Morgan fingerprint density at radius 2 is 1.67 bits per heavy atom. The number of nitrogens with one attached hydrogen (secondary N) is 1. The molecule has 110 valence electrons. The molecular formula is C17H20N2O2. The van der Waals surface area contributed by atoms with Gasteiger partial charge in [-0.2, -0.15) is 0 Å². The van der Waals surface area contributed by atoms with E-state index in [0.717, 1.165) is 17.1 Å². The van der Waals surface area contributed by atoms with Gasteiger partial charge >= 0.3 is 0 Å². The second-order valence-electron chi connectivity index (χ2n) is 5.45. The van der Waals surface area contributed by atoms with Crippen LogP contribution in [0.15, 0.2) is 36.4 Å². The highest BCUT2D eigenvalue weighted by atomic mass is 16.6. The van der Waals surface area contributed by atoms with Crippen LogP contribution in [0.2, 0.25) is 0 Å². The smallest absolute Gasteiger partial charge is 0.163 e. The molecule has 0 unspecified atom stereocenters. The number of nitrogen functional groups attached to an aromatic ring is 1. The summed E-state index contributed by atoms with van der Waals surface area (Å²) in [6, 6.07) is 12.0. The van der Waals surface area contributed by atoms with Crippen molar-refractivity contribution in [2.45, 2.75) is 19.8 Å². The van der Waals surface area contributed by atoms with Gasteiger partial charge in [0, 0.05) is 17.8 Å². The van der Waals surface area contributed by atoms with E-state index < -0.39 is 0 Å². The monoisotopic (exact) mass is 284 g/mol. The van der Waals surface area contributed by atoms with Crippen molar-refractivity contribution in [2.24, 2.45) is 0 Å². The van der Waals surface area contributed by atoms with Crippen molar-refractivity contribution in [1.29, 1.82) is 0 Å². The van der Waals surface area contributed by atoms with Gasteiger partial charge in [-0.3, -0.25) is 0 Å². The van der Waals surface area contributed by atoms with Crippen molar-refractivity contribution < 1.29 is 9.47 Å². The van der Waals surface area contributed by atoms with Crippen LogP contribution in [-0.2, 0) is 0 Å². The zero-order chi connectivity index (χ0) is 14.8. The lowest BCUT2D eigenvalue weighted by atomic mass is 10.0. The number of rotatable bonds is 3. The standard InChI is InChI=1S/C17H20N2O2/c1-11(2)12-5-3-4-6-14(12)19-15-10-17-16(9-13(15)18)20-7-8-21-17/h3-6,9-11,19H,7-8,18H2,1-2H3. The van der Waals surface area contributed by atoms with Gasteiger partial charge in [0.15, 0.2) is 11.5 Å². The molecule has 4 nitrogen and oxygen atoms in total. The topological polar surface area (TPSA) is 56.5 Å². The predicted molar refractivity (Wildman–Crippen MR) is 85.7 cm³/mol. The summed E-state index contributed by atoms with van der Waals surface area (Å²) in [5.41, 5.74) is 9.93. The number of hydrogen-bond acceptors (Lipinski definition) is 4. The van der Waals surface area contributed by atoms with Crippen molar-refractivity contribution in [3.8, 4) is 11.5 Å². The zero-order valence-electron chi connectivity index (χ0n) is 12.3. The van der Waals surface area contributed by atoms with E-state index in [9.17, 15) is 0 Å². The summed E-state index contributed by atoms with van der Waals surface area (Å²) in [6.07, 6.45) is 0. The maximum atomic E-state index is 6.12. The molecule has 0 spiro atoms. The third kappa shape index (κ3) is 2.75. The molecule has 0 fully saturated rings. The first kappa shape index (κ1) is 13.6. The molecular weight excluding hydrogens is 264 g/mol. The molecule has 0 bridgehead atoms. The van der Waals surface area contributed by atoms with Crippen LogP contribution >= 0.6 is 0 Å². The van der Waals surface area contributed by atoms with Gasteiger partial charge in [0.2, 0.25) is 0 Å². The number of hydrogen-bond donors (Lipinski definition) is 2. The number of anilines is 3. The highest BCUT2D eigenvalue weighted by molar-refractivity contribution is 5.77. The predicted octanol–water partition coefficient (Wildman–Crippen LogP) is 3.91. The van der Waals surface area contributed by atoms with Crippen LogP contribution in [0.4, 0.5) is 17.1 Å². The molecule has 0 aromatic heterocycles. The fraction of sp³-hybridized carbons (Fsp3) is 0.294. The second kappa shape index (κ2) is 5.56. The van der Waals surface area contributed by atoms with Gasteiger partial charge in [-0.15, -0.1) is 0 Å².